The van der Waals surface area contributed by atoms with E-state index in [1.165, 1.54) is 13.4 Å². The van der Waals surface area contributed by atoms with Crippen LogP contribution in [0.4, 0.5) is 4.79 Å². The number of hydrogen-bond donors (Lipinski definition) is 1. The average molecular weight is 416 g/mol. The molecule has 0 spiro atoms. The standard InChI is InChI=1S/C20H20N2O6S/c1-12-7-15(26-2)16(27-3)8-13(12)9-17-19(24)22(20(25)29-17)11-18(23)21-10-14-5-4-6-28-14/h4-9H,10-11H2,1-3H3,(H,21,23)/b17-9-. The van der Waals surface area contributed by atoms with Crippen molar-refractivity contribution >= 4 is 34.9 Å². The molecule has 1 aromatic heterocycles. The van der Waals surface area contributed by atoms with E-state index in [1.54, 1.807) is 37.5 Å². The van der Waals surface area contributed by atoms with Crippen LogP contribution in [0.3, 0.4) is 0 Å². The highest BCUT2D eigenvalue weighted by Gasteiger charge is 2.36. The number of amides is 3. The van der Waals surface area contributed by atoms with Gasteiger partial charge in [-0.25, -0.2) is 0 Å². The van der Waals surface area contributed by atoms with Crippen LogP contribution in [0.1, 0.15) is 16.9 Å². The molecule has 1 aromatic carbocycles. The number of carbonyl (C=O) groups excluding carboxylic acids is 3. The van der Waals surface area contributed by atoms with E-state index >= 15 is 0 Å². The van der Waals surface area contributed by atoms with E-state index < -0.39 is 17.1 Å². The summed E-state index contributed by atoms with van der Waals surface area (Å²) < 4.78 is 15.7. The summed E-state index contributed by atoms with van der Waals surface area (Å²) in [6, 6.07) is 6.95. The van der Waals surface area contributed by atoms with Crippen molar-refractivity contribution in [2.75, 3.05) is 20.8 Å². The zero-order valence-corrected chi connectivity index (χ0v) is 17.0. The molecule has 0 atom stereocenters. The minimum atomic E-state index is -0.512. The van der Waals surface area contributed by atoms with Gasteiger partial charge < -0.3 is 19.2 Å². The Morgan fingerprint density at radius 2 is 1.97 bits per heavy atom. The highest BCUT2D eigenvalue weighted by molar-refractivity contribution is 8.18. The van der Waals surface area contributed by atoms with Crippen molar-refractivity contribution in [1.82, 2.24) is 10.2 Å². The van der Waals surface area contributed by atoms with Crippen LogP contribution < -0.4 is 14.8 Å². The number of rotatable bonds is 7. The molecule has 1 aliphatic rings. The summed E-state index contributed by atoms with van der Waals surface area (Å²) in [5.41, 5.74) is 1.57. The SMILES string of the molecule is COc1cc(C)c(/C=C2\SC(=O)N(CC(=O)NCc3ccco3)C2=O)cc1OC. The van der Waals surface area contributed by atoms with Crippen molar-refractivity contribution in [1.29, 1.82) is 0 Å². The summed E-state index contributed by atoms with van der Waals surface area (Å²) >= 11 is 0.795. The van der Waals surface area contributed by atoms with Crippen LogP contribution >= 0.6 is 11.8 Å². The number of carbonyl (C=O) groups is 3. The second-order valence-corrected chi connectivity index (χ2v) is 7.18. The third-order valence-electron chi connectivity index (χ3n) is 4.27. The molecule has 2 aromatic rings. The Balaban J connectivity index is 1.72. The Labute approximate surface area is 171 Å². The lowest BCUT2D eigenvalue weighted by molar-refractivity contribution is -0.129. The maximum atomic E-state index is 12.6. The third-order valence-corrected chi connectivity index (χ3v) is 5.18. The van der Waals surface area contributed by atoms with Gasteiger partial charge in [0.05, 0.1) is 31.9 Å². The van der Waals surface area contributed by atoms with Crippen molar-refractivity contribution < 1.29 is 28.3 Å². The fourth-order valence-corrected chi connectivity index (χ4v) is 3.56. The Bertz CT molecular complexity index is 968. The highest BCUT2D eigenvalue weighted by Crippen LogP contribution is 2.35. The Morgan fingerprint density at radius 1 is 1.24 bits per heavy atom. The van der Waals surface area contributed by atoms with E-state index in [9.17, 15) is 14.4 Å². The number of imide groups is 1. The zero-order valence-electron chi connectivity index (χ0n) is 16.2. The summed E-state index contributed by atoms with van der Waals surface area (Å²) in [4.78, 5) is 38.1. The van der Waals surface area contributed by atoms with E-state index in [-0.39, 0.29) is 18.0 Å². The van der Waals surface area contributed by atoms with Gasteiger partial charge in [0.2, 0.25) is 5.91 Å². The summed E-state index contributed by atoms with van der Waals surface area (Å²) in [6.07, 6.45) is 3.11. The van der Waals surface area contributed by atoms with E-state index in [0.717, 1.165) is 27.8 Å². The van der Waals surface area contributed by atoms with Gasteiger partial charge in [-0.05, 0) is 60.2 Å². The van der Waals surface area contributed by atoms with Crippen molar-refractivity contribution in [3.63, 3.8) is 0 Å². The number of nitrogens with zero attached hydrogens (tertiary/aromatic N) is 1. The van der Waals surface area contributed by atoms with Crippen molar-refractivity contribution in [3.05, 3.63) is 52.3 Å². The average Bonchev–Trinajstić information content (AvgIpc) is 3.31. The first kappa shape index (κ1) is 20.5. The lowest BCUT2D eigenvalue weighted by Crippen LogP contribution is -2.39. The number of hydrogen-bond acceptors (Lipinski definition) is 7. The molecule has 1 aliphatic heterocycles. The molecule has 2 heterocycles. The number of thioether (sulfide) groups is 1. The molecule has 0 radical (unpaired) electrons. The first-order chi connectivity index (χ1) is 13.9. The number of methoxy groups -OCH3 is 2. The number of aryl methyl sites for hydroxylation is 1. The fraction of sp³-hybridized carbons (Fsp3) is 0.250. The summed E-state index contributed by atoms with van der Waals surface area (Å²) in [7, 11) is 3.06. The Kier molecular flexibility index (Phi) is 6.28. The fourth-order valence-electron chi connectivity index (χ4n) is 2.73. The van der Waals surface area contributed by atoms with Gasteiger partial charge >= 0.3 is 0 Å². The monoisotopic (exact) mass is 416 g/mol. The molecular weight excluding hydrogens is 396 g/mol. The minimum absolute atomic E-state index is 0.183. The predicted molar refractivity (Wildman–Crippen MR) is 108 cm³/mol. The lowest BCUT2D eigenvalue weighted by atomic mass is 10.1. The quantitative estimate of drug-likeness (QED) is 0.693. The third kappa shape index (κ3) is 4.62. The lowest BCUT2D eigenvalue weighted by Gasteiger charge is -2.12. The van der Waals surface area contributed by atoms with Crippen LogP contribution in [0.2, 0.25) is 0 Å². The molecule has 0 saturated carbocycles. The number of ether oxygens (including phenoxy) is 2. The molecule has 1 saturated heterocycles. The highest BCUT2D eigenvalue weighted by atomic mass is 32.2. The van der Waals surface area contributed by atoms with Gasteiger partial charge in [0.15, 0.2) is 11.5 Å². The van der Waals surface area contributed by atoms with Gasteiger partial charge in [-0.1, -0.05) is 0 Å². The van der Waals surface area contributed by atoms with Gasteiger partial charge in [0, 0.05) is 0 Å². The van der Waals surface area contributed by atoms with Crippen molar-refractivity contribution in [2.45, 2.75) is 13.5 Å². The predicted octanol–water partition coefficient (Wildman–Crippen LogP) is 2.96. The maximum Gasteiger partial charge on any atom is 0.294 e. The Hall–Kier alpha value is -3.20. The van der Waals surface area contributed by atoms with Gasteiger partial charge in [0.25, 0.3) is 11.1 Å². The number of furan rings is 1. The normalized spacial score (nSPS) is 15.1. The van der Waals surface area contributed by atoms with Crippen molar-refractivity contribution in [2.24, 2.45) is 0 Å². The molecule has 9 heteroatoms. The van der Waals surface area contributed by atoms with Gasteiger partial charge in [-0.2, -0.15) is 0 Å². The molecule has 8 nitrogen and oxygen atoms in total. The second-order valence-electron chi connectivity index (χ2n) is 6.19. The molecule has 0 aliphatic carbocycles. The molecule has 152 valence electrons. The molecule has 3 rings (SSSR count). The molecule has 3 amide bonds. The molecular formula is C20H20N2O6S. The molecule has 1 N–H and O–H groups in total. The first-order valence-electron chi connectivity index (χ1n) is 8.70. The van der Waals surface area contributed by atoms with Crippen molar-refractivity contribution in [3.8, 4) is 11.5 Å². The van der Waals surface area contributed by atoms with Crippen LogP contribution in [-0.4, -0.2) is 42.7 Å². The van der Waals surface area contributed by atoms with E-state index in [2.05, 4.69) is 5.32 Å². The van der Waals surface area contributed by atoms with Crippen LogP contribution in [0.5, 0.6) is 11.5 Å². The van der Waals surface area contributed by atoms with Gasteiger partial charge in [-0.3, -0.25) is 19.3 Å². The number of benzene rings is 1. The van der Waals surface area contributed by atoms with Crippen LogP contribution in [-0.2, 0) is 16.1 Å². The van der Waals surface area contributed by atoms with E-state index in [0.29, 0.717) is 17.3 Å². The first-order valence-corrected chi connectivity index (χ1v) is 9.51. The molecule has 29 heavy (non-hydrogen) atoms. The van der Waals surface area contributed by atoms with E-state index in [4.69, 9.17) is 13.9 Å². The van der Waals surface area contributed by atoms with Crippen LogP contribution in [0, 0.1) is 6.92 Å². The summed E-state index contributed by atoms with van der Waals surface area (Å²) in [5, 5.41) is 2.12. The summed E-state index contributed by atoms with van der Waals surface area (Å²) in [6.45, 7) is 1.69. The Morgan fingerprint density at radius 3 is 2.62 bits per heavy atom. The zero-order chi connectivity index (χ0) is 21.0. The van der Waals surface area contributed by atoms with Crippen LogP contribution in [0.25, 0.3) is 6.08 Å². The maximum absolute atomic E-state index is 12.6. The molecule has 0 unspecified atom stereocenters. The smallest absolute Gasteiger partial charge is 0.294 e. The molecule has 1 fully saturated rings. The topological polar surface area (TPSA) is 98.1 Å². The summed E-state index contributed by atoms with van der Waals surface area (Å²) in [5.74, 6) is 0.704. The van der Waals surface area contributed by atoms with Crippen LogP contribution in [0.15, 0.2) is 39.9 Å². The van der Waals surface area contributed by atoms with Gasteiger partial charge in [-0.15, -0.1) is 0 Å². The molecule has 0 bridgehead atoms. The number of nitrogens with one attached hydrogen (secondary N) is 1. The minimum Gasteiger partial charge on any atom is -0.493 e. The largest absolute Gasteiger partial charge is 0.493 e. The van der Waals surface area contributed by atoms with E-state index in [1.807, 2.05) is 6.92 Å². The second kappa shape index (κ2) is 8.87. The van der Waals surface area contributed by atoms with Gasteiger partial charge in [0.1, 0.15) is 12.3 Å².